The molecule has 1 heterocycles. The number of hydrogen-bond donors (Lipinski definition) is 3. The van der Waals surface area contributed by atoms with Crippen LogP contribution in [0.15, 0.2) is 4.99 Å². The summed E-state index contributed by atoms with van der Waals surface area (Å²) in [4.78, 5) is 14.2. The Bertz CT molecular complexity index is 340. The number of fused-ring (bicyclic) bond motifs is 1. The molecule has 2 rings (SSSR count). The van der Waals surface area contributed by atoms with Crippen LogP contribution in [0.1, 0.15) is 19.3 Å². The molecular formula is C8H13N5O2. The van der Waals surface area contributed by atoms with Gasteiger partial charge in [-0.25, -0.2) is 4.99 Å². The van der Waals surface area contributed by atoms with E-state index in [0.717, 1.165) is 0 Å². The Balaban J connectivity index is 2.13. The summed E-state index contributed by atoms with van der Waals surface area (Å²) in [6, 6.07) is -0.492. The van der Waals surface area contributed by atoms with Gasteiger partial charge in [0.2, 0.25) is 6.04 Å². The maximum absolute atomic E-state index is 10.7. The van der Waals surface area contributed by atoms with E-state index in [0.29, 0.717) is 19.3 Å². The minimum atomic E-state index is -0.539. The predicted molar refractivity (Wildman–Crippen MR) is 54.4 cm³/mol. The molecule has 3 atom stereocenters. The van der Waals surface area contributed by atoms with Gasteiger partial charge < -0.3 is 11.1 Å². The number of aliphatic imine (C=N–C) groups is 1. The largest absolute Gasteiger partial charge is 0.370 e. The van der Waals surface area contributed by atoms with Crippen LogP contribution in [0.25, 0.3) is 0 Å². The van der Waals surface area contributed by atoms with Crippen LogP contribution in [-0.4, -0.2) is 28.8 Å². The van der Waals surface area contributed by atoms with Crippen LogP contribution in [0, 0.1) is 21.4 Å². The van der Waals surface area contributed by atoms with Crippen LogP contribution in [-0.2, 0) is 0 Å². The second kappa shape index (κ2) is 3.48. The topological polar surface area (TPSA) is 117 Å². The quantitative estimate of drug-likeness (QED) is 0.407. The summed E-state index contributed by atoms with van der Waals surface area (Å²) in [6.07, 6.45) is 1.61. The van der Waals surface area contributed by atoms with Gasteiger partial charge in [0.25, 0.3) is 0 Å². The molecule has 2 aliphatic rings. The summed E-state index contributed by atoms with van der Waals surface area (Å²) < 4.78 is 0. The smallest absolute Gasteiger partial charge is 0.214 e. The van der Waals surface area contributed by atoms with Gasteiger partial charge >= 0.3 is 0 Å². The first kappa shape index (κ1) is 9.88. The highest BCUT2D eigenvalue weighted by molar-refractivity contribution is 5.98. The third-order valence-electron chi connectivity index (χ3n) is 3.05. The third-order valence-corrected chi connectivity index (χ3v) is 3.05. The summed E-state index contributed by atoms with van der Waals surface area (Å²) in [5.41, 5.74) is 5.49. The lowest BCUT2D eigenvalue weighted by molar-refractivity contribution is -0.527. The molecule has 0 radical (unpaired) electrons. The van der Waals surface area contributed by atoms with Crippen molar-refractivity contribution in [1.29, 1.82) is 5.41 Å². The zero-order valence-corrected chi connectivity index (χ0v) is 8.14. The van der Waals surface area contributed by atoms with Gasteiger partial charge in [-0.1, -0.05) is 0 Å². The Morgan fingerprint density at radius 3 is 3.00 bits per heavy atom. The Morgan fingerprint density at radius 2 is 2.33 bits per heavy atom. The standard InChI is InChI=1S/C8H13N5O2/c9-7-5-3-4(13(14)15)1-2-6(5)11-8(10)12-7/h4-6H,1-3H2,(H4,9,10,11,12). The van der Waals surface area contributed by atoms with Gasteiger partial charge in [0.1, 0.15) is 5.84 Å². The zero-order valence-electron chi connectivity index (χ0n) is 8.14. The number of nitrogens with one attached hydrogen (secondary N) is 2. The number of hydrogen-bond acceptors (Lipinski definition) is 5. The summed E-state index contributed by atoms with van der Waals surface area (Å²) in [7, 11) is 0. The summed E-state index contributed by atoms with van der Waals surface area (Å²) in [6.45, 7) is 0. The van der Waals surface area contributed by atoms with E-state index in [1.54, 1.807) is 0 Å². The van der Waals surface area contributed by atoms with Crippen molar-refractivity contribution in [2.45, 2.75) is 31.3 Å². The van der Waals surface area contributed by atoms with Crippen molar-refractivity contribution in [1.82, 2.24) is 5.32 Å². The van der Waals surface area contributed by atoms with Crippen LogP contribution in [0.4, 0.5) is 0 Å². The summed E-state index contributed by atoms with van der Waals surface area (Å²) >= 11 is 0. The lowest BCUT2D eigenvalue weighted by Gasteiger charge is -2.35. The van der Waals surface area contributed by atoms with E-state index < -0.39 is 6.04 Å². The van der Waals surface area contributed by atoms with Crippen LogP contribution in [0.5, 0.6) is 0 Å². The molecule has 0 saturated heterocycles. The molecule has 3 unspecified atom stereocenters. The van der Waals surface area contributed by atoms with Crippen molar-refractivity contribution in [2.24, 2.45) is 16.6 Å². The molecule has 0 aromatic rings. The van der Waals surface area contributed by atoms with Crippen LogP contribution < -0.4 is 11.1 Å². The first-order valence-corrected chi connectivity index (χ1v) is 4.90. The maximum Gasteiger partial charge on any atom is 0.214 e. The second-order valence-corrected chi connectivity index (χ2v) is 3.99. The average Bonchev–Trinajstić information content (AvgIpc) is 2.16. The number of guanidine groups is 1. The summed E-state index contributed by atoms with van der Waals surface area (Å²) in [5, 5.41) is 21.3. The Morgan fingerprint density at radius 1 is 1.60 bits per heavy atom. The molecule has 1 aliphatic heterocycles. The fourth-order valence-electron chi connectivity index (χ4n) is 2.25. The minimum Gasteiger partial charge on any atom is -0.370 e. The third kappa shape index (κ3) is 1.77. The summed E-state index contributed by atoms with van der Waals surface area (Å²) in [5.74, 6) is 0.255. The van der Waals surface area contributed by atoms with E-state index in [2.05, 4.69) is 10.3 Å². The Kier molecular flexibility index (Phi) is 2.29. The first-order valence-electron chi connectivity index (χ1n) is 4.90. The van der Waals surface area contributed by atoms with Crippen molar-refractivity contribution in [3.05, 3.63) is 10.1 Å². The van der Waals surface area contributed by atoms with Crippen LogP contribution >= 0.6 is 0 Å². The second-order valence-electron chi connectivity index (χ2n) is 3.99. The number of nitrogens with two attached hydrogens (primary N) is 1. The average molecular weight is 211 g/mol. The number of nitrogens with zero attached hydrogens (tertiary/aromatic N) is 2. The minimum absolute atomic E-state index is 0.0474. The predicted octanol–water partition coefficient (Wildman–Crippen LogP) is -0.304. The van der Waals surface area contributed by atoms with Crippen molar-refractivity contribution in [3.8, 4) is 0 Å². The van der Waals surface area contributed by atoms with Gasteiger partial charge in [-0.2, -0.15) is 0 Å². The molecule has 1 saturated carbocycles. The fourth-order valence-corrected chi connectivity index (χ4v) is 2.25. The van der Waals surface area contributed by atoms with Gasteiger partial charge in [0.05, 0.1) is 0 Å². The molecule has 0 spiro atoms. The molecule has 4 N–H and O–H groups in total. The van der Waals surface area contributed by atoms with Crippen LogP contribution in [0.2, 0.25) is 0 Å². The molecule has 1 aliphatic carbocycles. The highest BCUT2D eigenvalue weighted by Gasteiger charge is 2.40. The van der Waals surface area contributed by atoms with E-state index in [4.69, 9.17) is 11.1 Å². The van der Waals surface area contributed by atoms with Crippen molar-refractivity contribution < 1.29 is 4.92 Å². The Labute approximate surface area is 86.4 Å². The number of rotatable bonds is 1. The van der Waals surface area contributed by atoms with Gasteiger partial charge in [0.15, 0.2) is 5.96 Å². The van der Waals surface area contributed by atoms with E-state index in [9.17, 15) is 10.1 Å². The van der Waals surface area contributed by atoms with Gasteiger partial charge in [0, 0.05) is 29.7 Å². The molecule has 82 valence electrons. The monoisotopic (exact) mass is 211 g/mol. The number of nitro groups is 1. The SMILES string of the molecule is N=C1N=C(N)NC2CCC([N+](=O)[O-])CC12. The lowest BCUT2D eigenvalue weighted by Crippen LogP contribution is -2.54. The maximum atomic E-state index is 10.7. The first-order chi connectivity index (χ1) is 7.08. The molecule has 7 heteroatoms. The Hall–Kier alpha value is -1.66. The highest BCUT2D eigenvalue weighted by atomic mass is 16.6. The normalized spacial score (nSPS) is 35.1. The molecule has 0 bridgehead atoms. The molecule has 0 aromatic heterocycles. The molecular weight excluding hydrogens is 198 g/mol. The zero-order chi connectivity index (χ0) is 11.0. The van der Waals surface area contributed by atoms with Crippen LogP contribution in [0.3, 0.4) is 0 Å². The van der Waals surface area contributed by atoms with Gasteiger partial charge in [-0.15, -0.1) is 0 Å². The van der Waals surface area contributed by atoms with Gasteiger partial charge in [-0.05, 0) is 6.42 Å². The van der Waals surface area contributed by atoms with Crippen molar-refractivity contribution >= 4 is 11.8 Å². The molecule has 15 heavy (non-hydrogen) atoms. The highest BCUT2D eigenvalue weighted by Crippen LogP contribution is 2.29. The van der Waals surface area contributed by atoms with E-state index >= 15 is 0 Å². The van der Waals surface area contributed by atoms with Gasteiger partial charge in [-0.3, -0.25) is 15.5 Å². The molecule has 0 amide bonds. The van der Waals surface area contributed by atoms with E-state index in [-0.39, 0.29) is 28.7 Å². The number of amidine groups is 1. The molecule has 0 aromatic carbocycles. The van der Waals surface area contributed by atoms with E-state index in [1.165, 1.54) is 0 Å². The lowest BCUT2D eigenvalue weighted by atomic mass is 9.80. The van der Waals surface area contributed by atoms with Crippen molar-refractivity contribution in [3.63, 3.8) is 0 Å². The fraction of sp³-hybridized carbons (Fsp3) is 0.750. The molecule has 7 nitrogen and oxygen atoms in total. The molecule has 1 fully saturated rings. The van der Waals surface area contributed by atoms with E-state index in [1.807, 2.05) is 0 Å². The van der Waals surface area contributed by atoms with Crippen molar-refractivity contribution in [2.75, 3.05) is 0 Å².